The first-order valence-electron chi connectivity index (χ1n) is 6.00. The van der Waals surface area contributed by atoms with E-state index < -0.39 is 0 Å². The van der Waals surface area contributed by atoms with Gasteiger partial charge >= 0.3 is 0 Å². The standard InChI is InChI=1S/C14H19BrClNO/c1-14(2,7-8-16)10-17-13(18)9-11-3-5-12(15)6-4-11/h3-6H,7-10H2,1-2H3,(H,17,18). The SMILES string of the molecule is CC(C)(CCCl)CNC(=O)Cc1ccc(Br)cc1. The predicted octanol–water partition coefficient (Wildman–Crippen LogP) is 3.76. The van der Waals surface area contributed by atoms with Crippen molar-refractivity contribution in [2.24, 2.45) is 5.41 Å². The molecular formula is C14H19BrClNO. The minimum atomic E-state index is 0.0527. The summed E-state index contributed by atoms with van der Waals surface area (Å²) in [6, 6.07) is 7.79. The number of benzene rings is 1. The number of amides is 1. The van der Waals surface area contributed by atoms with Gasteiger partial charge in [-0.05, 0) is 29.5 Å². The lowest BCUT2D eigenvalue weighted by Crippen LogP contribution is -2.35. The third-order valence-corrected chi connectivity index (χ3v) is 3.53. The van der Waals surface area contributed by atoms with Gasteiger partial charge in [-0.2, -0.15) is 0 Å². The molecular weight excluding hydrogens is 314 g/mol. The Kier molecular flexibility index (Phi) is 6.16. The molecule has 18 heavy (non-hydrogen) atoms. The van der Waals surface area contributed by atoms with Crippen molar-refractivity contribution in [3.8, 4) is 0 Å². The molecule has 0 aliphatic rings. The van der Waals surface area contributed by atoms with Crippen molar-refractivity contribution >= 4 is 33.4 Å². The Hall–Kier alpha value is -0.540. The van der Waals surface area contributed by atoms with Crippen molar-refractivity contribution in [1.29, 1.82) is 0 Å². The normalized spacial score (nSPS) is 11.3. The second kappa shape index (κ2) is 7.15. The molecule has 0 aromatic heterocycles. The van der Waals surface area contributed by atoms with Gasteiger partial charge in [0.1, 0.15) is 0 Å². The molecule has 0 saturated heterocycles. The van der Waals surface area contributed by atoms with Gasteiger partial charge < -0.3 is 5.32 Å². The Morgan fingerprint density at radius 1 is 1.33 bits per heavy atom. The van der Waals surface area contributed by atoms with Crippen molar-refractivity contribution in [3.05, 3.63) is 34.3 Å². The van der Waals surface area contributed by atoms with Crippen LogP contribution in [0.2, 0.25) is 0 Å². The van der Waals surface area contributed by atoms with Crippen LogP contribution >= 0.6 is 27.5 Å². The predicted molar refractivity (Wildman–Crippen MR) is 80.0 cm³/mol. The highest BCUT2D eigenvalue weighted by Gasteiger charge is 2.17. The maximum Gasteiger partial charge on any atom is 0.224 e. The average molecular weight is 333 g/mol. The van der Waals surface area contributed by atoms with E-state index in [0.29, 0.717) is 18.8 Å². The van der Waals surface area contributed by atoms with E-state index in [-0.39, 0.29) is 11.3 Å². The molecule has 0 atom stereocenters. The molecule has 0 spiro atoms. The molecule has 1 aromatic rings. The van der Waals surface area contributed by atoms with Gasteiger partial charge in [0.15, 0.2) is 0 Å². The van der Waals surface area contributed by atoms with E-state index in [1.807, 2.05) is 24.3 Å². The summed E-state index contributed by atoms with van der Waals surface area (Å²) in [5, 5.41) is 2.96. The summed E-state index contributed by atoms with van der Waals surface area (Å²) in [7, 11) is 0. The largest absolute Gasteiger partial charge is 0.355 e. The van der Waals surface area contributed by atoms with Crippen LogP contribution < -0.4 is 5.32 Å². The van der Waals surface area contributed by atoms with Crippen molar-refractivity contribution < 1.29 is 4.79 Å². The second-order valence-electron chi connectivity index (χ2n) is 5.18. The summed E-state index contributed by atoms with van der Waals surface area (Å²) in [4.78, 5) is 11.8. The van der Waals surface area contributed by atoms with E-state index in [1.54, 1.807) is 0 Å². The first kappa shape index (κ1) is 15.5. The topological polar surface area (TPSA) is 29.1 Å². The third-order valence-electron chi connectivity index (χ3n) is 2.81. The van der Waals surface area contributed by atoms with Gasteiger partial charge in [0.2, 0.25) is 5.91 Å². The van der Waals surface area contributed by atoms with Crippen LogP contribution in [0.4, 0.5) is 0 Å². The summed E-state index contributed by atoms with van der Waals surface area (Å²) in [5.41, 5.74) is 1.07. The van der Waals surface area contributed by atoms with Crippen molar-refractivity contribution in [2.45, 2.75) is 26.7 Å². The van der Waals surface area contributed by atoms with Crippen LogP contribution in [0, 0.1) is 5.41 Å². The molecule has 1 aromatic carbocycles. The van der Waals surface area contributed by atoms with Crippen LogP contribution in [0.3, 0.4) is 0 Å². The van der Waals surface area contributed by atoms with Crippen molar-refractivity contribution in [1.82, 2.24) is 5.32 Å². The van der Waals surface area contributed by atoms with E-state index >= 15 is 0 Å². The zero-order valence-electron chi connectivity index (χ0n) is 10.8. The monoisotopic (exact) mass is 331 g/mol. The van der Waals surface area contributed by atoms with Crippen LogP contribution in [-0.4, -0.2) is 18.3 Å². The molecule has 0 unspecified atom stereocenters. The average Bonchev–Trinajstić information content (AvgIpc) is 2.30. The fourth-order valence-corrected chi connectivity index (χ4v) is 2.31. The quantitative estimate of drug-likeness (QED) is 0.790. The number of alkyl halides is 1. The zero-order valence-corrected chi connectivity index (χ0v) is 13.1. The minimum Gasteiger partial charge on any atom is -0.355 e. The molecule has 0 heterocycles. The summed E-state index contributed by atoms with van der Waals surface area (Å²) in [6.07, 6.45) is 1.32. The molecule has 0 bridgehead atoms. The number of halogens is 2. The fourth-order valence-electron chi connectivity index (χ4n) is 1.53. The lowest BCUT2D eigenvalue weighted by molar-refractivity contribution is -0.120. The Balaban J connectivity index is 2.40. The third kappa shape index (κ3) is 5.87. The van der Waals surface area contributed by atoms with Gasteiger partial charge in [0, 0.05) is 16.9 Å². The fraction of sp³-hybridized carbons (Fsp3) is 0.500. The number of carbonyl (C=O) groups excluding carboxylic acids is 1. The first-order chi connectivity index (χ1) is 8.43. The molecule has 0 radical (unpaired) electrons. The molecule has 0 saturated carbocycles. The highest BCUT2D eigenvalue weighted by atomic mass is 79.9. The van der Waals surface area contributed by atoms with Crippen LogP contribution in [0.25, 0.3) is 0 Å². The molecule has 100 valence electrons. The van der Waals surface area contributed by atoms with Gasteiger partial charge in [0.25, 0.3) is 0 Å². The van der Waals surface area contributed by atoms with E-state index in [0.717, 1.165) is 16.5 Å². The Labute approximate surface area is 122 Å². The highest BCUT2D eigenvalue weighted by Crippen LogP contribution is 2.19. The number of rotatable bonds is 6. The Morgan fingerprint density at radius 2 is 1.94 bits per heavy atom. The molecule has 0 fully saturated rings. The van der Waals surface area contributed by atoms with E-state index in [1.165, 1.54) is 0 Å². The Bertz CT molecular complexity index is 389. The molecule has 1 rings (SSSR count). The van der Waals surface area contributed by atoms with Gasteiger partial charge in [0.05, 0.1) is 6.42 Å². The van der Waals surface area contributed by atoms with Gasteiger partial charge in [-0.1, -0.05) is 41.9 Å². The number of hydrogen-bond acceptors (Lipinski definition) is 1. The van der Waals surface area contributed by atoms with Crippen LogP contribution in [0.5, 0.6) is 0 Å². The number of hydrogen-bond donors (Lipinski definition) is 1. The molecule has 1 amide bonds. The molecule has 0 aliphatic carbocycles. The summed E-state index contributed by atoms with van der Waals surface area (Å²) < 4.78 is 1.02. The van der Waals surface area contributed by atoms with E-state index in [4.69, 9.17) is 11.6 Å². The number of nitrogens with one attached hydrogen (secondary N) is 1. The first-order valence-corrected chi connectivity index (χ1v) is 7.33. The van der Waals surface area contributed by atoms with Gasteiger partial charge in [-0.3, -0.25) is 4.79 Å². The summed E-state index contributed by atoms with van der Waals surface area (Å²) in [6.45, 7) is 4.87. The maximum atomic E-state index is 11.8. The van der Waals surface area contributed by atoms with E-state index in [2.05, 4.69) is 35.1 Å². The summed E-state index contributed by atoms with van der Waals surface area (Å²) >= 11 is 9.10. The van der Waals surface area contributed by atoms with Gasteiger partial charge in [-0.15, -0.1) is 11.6 Å². The van der Waals surface area contributed by atoms with Crippen LogP contribution in [-0.2, 0) is 11.2 Å². The highest BCUT2D eigenvalue weighted by molar-refractivity contribution is 9.10. The minimum absolute atomic E-state index is 0.0527. The second-order valence-corrected chi connectivity index (χ2v) is 6.48. The summed E-state index contributed by atoms with van der Waals surface area (Å²) in [5.74, 6) is 0.676. The van der Waals surface area contributed by atoms with E-state index in [9.17, 15) is 4.79 Å². The lowest BCUT2D eigenvalue weighted by Gasteiger charge is -2.23. The smallest absolute Gasteiger partial charge is 0.224 e. The molecule has 0 aliphatic heterocycles. The van der Waals surface area contributed by atoms with Gasteiger partial charge in [-0.25, -0.2) is 0 Å². The Morgan fingerprint density at radius 3 is 2.50 bits per heavy atom. The molecule has 2 nitrogen and oxygen atoms in total. The molecule has 4 heteroatoms. The van der Waals surface area contributed by atoms with Crippen LogP contribution in [0.1, 0.15) is 25.8 Å². The zero-order chi connectivity index (χ0) is 13.6. The van der Waals surface area contributed by atoms with Crippen LogP contribution in [0.15, 0.2) is 28.7 Å². The van der Waals surface area contributed by atoms with Crippen molar-refractivity contribution in [2.75, 3.05) is 12.4 Å². The number of carbonyl (C=O) groups is 1. The van der Waals surface area contributed by atoms with Crippen molar-refractivity contribution in [3.63, 3.8) is 0 Å². The molecule has 1 N–H and O–H groups in total. The maximum absolute atomic E-state index is 11.8. The lowest BCUT2D eigenvalue weighted by atomic mass is 9.90.